The van der Waals surface area contributed by atoms with Gasteiger partial charge in [-0.2, -0.15) is 0 Å². The van der Waals surface area contributed by atoms with Gasteiger partial charge >= 0.3 is 0 Å². The molecule has 0 bridgehead atoms. The summed E-state index contributed by atoms with van der Waals surface area (Å²) >= 11 is 0. The number of benzene rings is 1. The van der Waals surface area contributed by atoms with E-state index in [1.807, 2.05) is 0 Å². The Morgan fingerprint density at radius 3 is 2.78 bits per heavy atom. The molecule has 0 aliphatic heterocycles. The maximum absolute atomic E-state index is 5.46. The minimum Gasteiger partial charge on any atom is -0.496 e. The lowest BCUT2D eigenvalue weighted by Gasteiger charge is -2.34. The highest BCUT2D eigenvalue weighted by Crippen LogP contribution is 2.38. The standard InChI is InChI=1S/C16H23NO/c1-11(12-5-3-6-12)17-15-10-9-14-13(15)7-4-8-16(14)18-2/h4,7-8,11-12,15,17H,3,5-6,9-10H2,1-2H3/t11-,15+/m0/s1. The lowest BCUT2D eigenvalue weighted by Crippen LogP contribution is -2.38. The molecular formula is C16H23NO. The third-order valence-electron chi connectivity index (χ3n) is 4.77. The van der Waals surface area contributed by atoms with Gasteiger partial charge in [-0.05, 0) is 55.7 Å². The van der Waals surface area contributed by atoms with Gasteiger partial charge in [-0.3, -0.25) is 0 Å². The second kappa shape index (κ2) is 4.93. The van der Waals surface area contributed by atoms with Crippen molar-refractivity contribution in [3.63, 3.8) is 0 Å². The zero-order chi connectivity index (χ0) is 12.5. The molecule has 2 aliphatic carbocycles. The van der Waals surface area contributed by atoms with E-state index in [-0.39, 0.29) is 0 Å². The highest BCUT2D eigenvalue weighted by molar-refractivity contribution is 5.45. The van der Waals surface area contributed by atoms with Crippen molar-refractivity contribution in [2.75, 3.05) is 7.11 Å². The second-order valence-corrected chi connectivity index (χ2v) is 5.77. The van der Waals surface area contributed by atoms with Crippen LogP contribution >= 0.6 is 0 Å². The van der Waals surface area contributed by atoms with E-state index in [0.29, 0.717) is 12.1 Å². The molecule has 0 aromatic heterocycles. The van der Waals surface area contributed by atoms with Crippen LogP contribution in [-0.4, -0.2) is 13.2 Å². The Hall–Kier alpha value is -1.02. The Morgan fingerprint density at radius 2 is 2.11 bits per heavy atom. The average molecular weight is 245 g/mol. The number of hydrogen-bond acceptors (Lipinski definition) is 2. The van der Waals surface area contributed by atoms with Crippen LogP contribution in [-0.2, 0) is 6.42 Å². The average Bonchev–Trinajstić information content (AvgIpc) is 2.70. The zero-order valence-corrected chi connectivity index (χ0v) is 11.4. The molecule has 98 valence electrons. The summed E-state index contributed by atoms with van der Waals surface area (Å²) in [5.41, 5.74) is 2.87. The summed E-state index contributed by atoms with van der Waals surface area (Å²) < 4.78 is 5.46. The van der Waals surface area contributed by atoms with Crippen LogP contribution in [0.1, 0.15) is 49.8 Å². The van der Waals surface area contributed by atoms with E-state index in [1.54, 1.807) is 7.11 Å². The van der Waals surface area contributed by atoms with Crippen LogP contribution in [0.3, 0.4) is 0 Å². The Labute approximate surface area is 110 Å². The number of methoxy groups -OCH3 is 1. The highest BCUT2D eigenvalue weighted by Gasteiger charge is 2.30. The van der Waals surface area contributed by atoms with Gasteiger partial charge < -0.3 is 10.1 Å². The number of rotatable bonds is 4. The van der Waals surface area contributed by atoms with Crippen LogP contribution in [0.2, 0.25) is 0 Å². The van der Waals surface area contributed by atoms with Crippen LogP contribution in [0, 0.1) is 5.92 Å². The smallest absolute Gasteiger partial charge is 0.122 e. The summed E-state index contributed by atoms with van der Waals surface area (Å²) in [6.45, 7) is 2.35. The highest BCUT2D eigenvalue weighted by atomic mass is 16.5. The van der Waals surface area contributed by atoms with Gasteiger partial charge in [0.25, 0.3) is 0 Å². The van der Waals surface area contributed by atoms with Crippen molar-refractivity contribution >= 4 is 0 Å². The van der Waals surface area contributed by atoms with E-state index < -0.39 is 0 Å². The van der Waals surface area contributed by atoms with Crippen LogP contribution < -0.4 is 10.1 Å². The molecule has 1 aromatic carbocycles. The third-order valence-corrected chi connectivity index (χ3v) is 4.77. The lowest BCUT2D eigenvalue weighted by molar-refractivity contribution is 0.226. The van der Waals surface area contributed by atoms with Crippen molar-refractivity contribution in [1.29, 1.82) is 0 Å². The Morgan fingerprint density at radius 1 is 1.28 bits per heavy atom. The first kappa shape index (κ1) is 12.0. The number of ether oxygens (including phenoxy) is 1. The molecule has 1 N–H and O–H groups in total. The quantitative estimate of drug-likeness (QED) is 0.877. The molecule has 0 saturated heterocycles. The van der Waals surface area contributed by atoms with Gasteiger partial charge in [0.1, 0.15) is 5.75 Å². The van der Waals surface area contributed by atoms with Crippen LogP contribution in [0.5, 0.6) is 5.75 Å². The molecule has 1 fully saturated rings. The molecule has 0 spiro atoms. The fourth-order valence-corrected chi connectivity index (χ4v) is 3.38. The Balaban J connectivity index is 1.73. The van der Waals surface area contributed by atoms with Crippen LogP contribution in [0.4, 0.5) is 0 Å². The zero-order valence-electron chi connectivity index (χ0n) is 11.4. The molecule has 0 unspecified atom stereocenters. The van der Waals surface area contributed by atoms with Crippen molar-refractivity contribution < 1.29 is 4.74 Å². The summed E-state index contributed by atoms with van der Waals surface area (Å²) in [6.07, 6.45) is 6.60. The van der Waals surface area contributed by atoms with Gasteiger partial charge in [-0.25, -0.2) is 0 Å². The normalized spacial score (nSPS) is 24.4. The fourth-order valence-electron chi connectivity index (χ4n) is 3.38. The summed E-state index contributed by atoms with van der Waals surface area (Å²) in [5, 5.41) is 3.83. The van der Waals surface area contributed by atoms with Gasteiger partial charge in [0.05, 0.1) is 7.11 Å². The molecule has 0 radical (unpaired) electrons. The van der Waals surface area contributed by atoms with Crippen LogP contribution in [0.15, 0.2) is 18.2 Å². The molecule has 1 aromatic rings. The molecule has 2 aliphatic rings. The van der Waals surface area contributed by atoms with E-state index in [1.165, 1.54) is 36.8 Å². The molecule has 2 heteroatoms. The van der Waals surface area contributed by atoms with E-state index >= 15 is 0 Å². The second-order valence-electron chi connectivity index (χ2n) is 5.77. The first-order chi connectivity index (χ1) is 8.79. The first-order valence-electron chi connectivity index (χ1n) is 7.21. The number of hydrogen-bond donors (Lipinski definition) is 1. The topological polar surface area (TPSA) is 21.3 Å². The predicted octanol–water partition coefficient (Wildman–Crippen LogP) is 3.46. The van der Waals surface area contributed by atoms with Crippen molar-refractivity contribution in [2.24, 2.45) is 5.92 Å². The Kier molecular flexibility index (Phi) is 3.29. The minimum absolute atomic E-state index is 0.533. The summed E-state index contributed by atoms with van der Waals surface area (Å²) in [4.78, 5) is 0. The Bertz CT molecular complexity index is 425. The molecular weight excluding hydrogens is 222 g/mol. The van der Waals surface area contributed by atoms with E-state index in [2.05, 4.69) is 30.4 Å². The third kappa shape index (κ3) is 2.03. The van der Waals surface area contributed by atoms with Crippen molar-refractivity contribution in [1.82, 2.24) is 5.32 Å². The van der Waals surface area contributed by atoms with Gasteiger partial charge in [-0.15, -0.1) is 0 Å². The van der Waals surface area contributed by atoms with Gasteiger partial charge in [0.15, 0.2) is 0 Å². The van der Waals surface area contributed by atoms with Crippen LogP contribution in [0.25, 0.3) is 0 Å². The van der Waals surface area contributed by atoms with E-state index in [4.69, 9.17) is 4.74 Å². The predicted molar refractivity (Wildman–Crippen MR) is 74.0 cm³/mol. The molecule has 1 saturated carbocycles. The van der Waals surface area contributed by atoms with Gasteiger partial charge in [0, 0.05) is 12.1 Å². The SMILES string of the molecule is COc1cccc2c1CC[C@H]2N[C@@H](C)C1CCC1. The van der Waals surface area contributed by atoms with E-state index in [9.17, 15) is 0 Å². The minimum atomic E-state index is 0.533. The summed E-state index contributed by atoms with van der Waals surface area (Å²) in [5.74, 6) is 1.97. The first-order valence-corrected chi connectivity index (χ1v) is 7.21. The number of fused-ring (bicyclic) bond motifs is 1. The monoisotopic (exact) mass is 245 g/mol. The van der Waals surface area contributed by atoms with Gasteiger partial charge in [0.2, 0.25) is 0 Å². The molecule has 18 heavy (non-hydrogen) atoms. The van der Waals surface area contributed by atoms with E-state index in [0.717, 1.165) is 18.1 Å². The molecule has 2 nitrogen and oxygen atoms in total. The molecule has 3 rings (SSSR count). The molecule has 0 heterocycles. The maximum Gasteiger partial charge on any atom is 0.122 e. The summed E-state index contributed by atoms with van der Waals surface area (Å²) in [6, 6.07) is 7.64. The molecule has 0 amide bonds. The van der Waals surface area contributed by atoms with Crippen molar-refractivity contribution in [3.8, 4) is 5.75 Å². The van der Waals surface area contributed by atoms with Crippen molar-refractivity contribution in [3.05, 3.63) is 29.3 Å². The molecule has 2 atom stereocenters. The van der Waals surface area contributed by atoms with Crippen molar-refractivity contribution in [2.45, 2.75) is 51.1 Å². The number of nitrogens with one attached hydrogen (secondary N) is 1. The summed E-state index contributed by atoms with van der Waals surface area (Å²) in [7, 11) is 1.77. The lowest BCUT2D eigenvalue weighted by atomic mass is 9.80. The fraction of sp³-hybridized carbons (Fsp3) is 0.625. The van der Waals surface area contributed by atoms with Gasteiger partial charge in [-0.1, -0.05) is 18.6 Å². The maximum atomic E-state index is 5.46. The largest absolute Gasteiger partial charge is 0.496 e.